The topological polar surface area (TPSA) is 101 Å². The summed E-state index contributed by atoms with van der Waals surface area (Å²) in [5.74, 6) is 0.0737. The van der Waals surface area contributed by atoms with Crippen LogP contribution < -0.4 is 14.4 Å². The monoisotopic (exact) mass is 446 g/mol. The average Bonchev–Trinajstić information content (AvgIpc) is 3.16. The zero-order chi connectivity index (χ0) is 21.9. The minimum absolute atomic E-state index is 0.297. The van der Waals surface area contributed by atoms with Crippen molar-refractivity contribution >= 4 is 38.1 Å². The lowest BCUT2D eigenvalue weighted by molar-refractivity contribution is -0.116. The van der Waals surface area contributed by atoms with Crippen LogP contribution >= 0.6 is 11.3 Å². The molecule has 3 rings (SSSR count). The van der Waals surface area contributed by atoms with Gasteiger partial charge in [-0.1, -0.05) is 41.2 Å². The maximum atomic E-state index is 12.8. The summed E-state index contributed by atoms with van der Waals surface area (Å²) in [6.07, 6.45) is 1.06. The predicted molar refractivity (Wildman–Crippen MR) is 118 cm³/mol. The third-order valence-electron chi connectivity index (χ3n) is 4.37. The summed E-state index contributed by atoms with van der Waals surface area (Å²) in [4.78, 5) is 12.8. The number of methoxy groups -OCH3 is 1. The van der Waals surface area contributed by atoms with Crippen molar-refractivity contribution in [2.45, 2.75) is 19.9 Å². The first-order valence-electron chi connectivity index (χ1n) is 9.04. The van der Waals surface area contributed by atoms with Gasteiger partial charge in [-0.05, 0) is 38.1 Å². The summed E-state index contributed by atoms with van der Waals surface area (Å²) >= 11 is 1.22. The van der Waals surface area contributed by atoms with Gasteiger partial charge in [0.2, 0.25) is 21.1 Å². The van der Waals surface area contributed by atoms with E-state index in [1.807, 2.05) is 31.2 Å². The number of carbonyl (C=O) groups is 1. The second-order valence-corrected chi connectivity index (χ2v) is 9.54. The molecule has 1 atom stereocenters. The van der Waals surface area contributed by atoms with Gasteiger partial charge in [-0.3, -0.25) is 14.4 Å². The largest absolute Gasteiger partial charge is 0.497 e. The van der Waals surface area contributed by atoms with Crippen molar-refractivity contribution in [3.05, 3.63) is 54.1 Å². The molecule has 0 aliphatic rings. The molecule has 30 heavy (non-hydrogen) atoms. The van der Waals surface area contributed by atoms with Crippen LogP contribution in [0.15, 0.2) is 48.5 Å². The molecule has 0 radical (unpaired) electrons. The first-order chi connectivity index (χ1) is 14.2. The van der Waals surface area contributed by atoms with Crippen LogP contribution in [0.1, 0.15) is 12.5 Å². The zero-order valence-corrected chi connectivity index (χ0v) is 18.6. The van der Waals surface area contributed by atoms with Crippen LogP contribution in [0.25, 0.3) is 10.6 Å². The smallest absolute Gasteiger partial charge is 0.249 e. The standard InChI is InChI=1S/C20H22N4O4S2/c1-13-5-7-15(8-6-13)19-22-23-20(29-19)21-18(25)14(2)24(30(4,26)27)16-9-11-17(28-3)12-10-16/h5-12,14H,1-4H3,(H,21,23,25). The van der Waals surface area contributed by atoms with Gasteiger partial charge in [0, 0.05) is 5.56 Å². The van der Waals surface area contributed by atoms with Gasteiger partial charge < -0.3 is 4.74 Å². The van der Waals surface area contributed by atoms with Gasteiger partial charge in [-0.25, -0.2) is 8.42 Å². The van der Waals surface area contributed by atoms with Crippen LogP contribution in [0.4, 0.5) is 10.8 Å². The molecule has 0 saturated carbocycles. The number of nitrogens with zero attached hydrogens (tertiary/aromatic N) is 3. The highest BCUT2D eigenvalue weighted by atomic mass is 32.2. The molecule has 0 saturated heterocycles. The van der Waals surface area contributed by atoms with Gasteiger partial charge >= 0.3 is 0 Å². The molecule has 0 fully saturated rings. The summed E-state index contributed by atoms with van der Waals surface area (Å²) in [6, 6.07) is 13.2. The van der Waals surface area contributed by atoms with Gasteiger partial charge in [0.05, 0.1) is 19.1 Å². The van der Waals surface area contributed by atoms with Crippen molar-refractivity contribution in [2.24, 2.45) is 0 Å². The fraction of sp³-hybridized carbons (Fsp3) is 0.250. The van der Waals surface area contributed by atoms with Crippen molar-refractivity contribution in [2.75, 3.05) is 23.0 Å². The molecular formula is C20H22N4O4S2. The van der Waals surface area contributed by atoms with E-state index in [0.29, 0.717) is 21.6 Å². The van der Waals surface area contributed by atoms with Crippen LogP contribution in [0.5, 0.6) is 5.75 Å². The molecular weight excluding hydrogens is 424 g/mol. The van der Waals surface area contributed by atoms with Crippen LogP contribution in [-0.4, -0.2) is 43.9 Å². The van der Waals surface area contributed by atoms with E-state index in [0.717, 1.165) is 21.7 Å². The molecule has 2 aromatic carbocycles. The van der Waals surface area contributed by atoms with E-state index in [-0.39, 0.29) is 0 Å². The number of aromatic nitrogens is 2. The number of rotatable bonds is 7. The van der Waals surface area contributed by atoms with Crippen molar-refractivity contribution in [1.29, 1.82) is 0 Å². The molecule has 0 aliphatic heterocycles. The van der Waals surface area contributed by atoms with E-state index < -0.39 is 22.0 Å². The molecule has 3 aromatic rings. The molecule has 0 bridgehead atoms. The summed E-state index contributed by atoms with van der Waals surface area (Å²) < 4.78 is 30.9. The third-order valence-corrected chi connectivity index (χ3v) is 6.50. The Bertz CT molecular complexity index is 1130. The molecule has 1 aromatic heterocycles. The minimum atomic E-state index is -3.72. The molecule has 158 valence electrons. The molecule has 1 heterocycles. The number of carbonyl (C=O) groups excluding carboxylic acids is 1. The zero-order valence-electron chi connectivity index (χ0n) is 17.0. The number of aryl methyl sites for hydroxylation is 1. The molecule has 0 aliphatic carbocycles. The number of hydrogen-bond donors (Lipinski definition) is 1. The SMILES string of the molecule is COc1ccc(N(C(C)C(=O)Nc2nnc(-c3ccc(C)cc3)s2)S(C)(=O)=O)cc1. The van der Waals surface area contributed by atoms with Crippen molar-refractivity contribution in [3.8, 4) is 16.3 Å². The molecule has 1 amide bonds. The number of benzene rings is 2. The Morgan fingerprint density at radius 3 is 2.30 bits per heavy atom. The first kappa shape index (κ1) is 21.7. The highest BCUT2D eigenvalue weighted by Crippen LogP contribution is 2.28. The summed E-state index contributed by atoms with van der Waals surface area (Å²) in [5, 5.41) is 11.7. The molecule has 10 heteroatoms. The maximum Gasteiger partial charge on any atom is 0.249 e. The van der Waals surface area contributed by atoms with E-state index in [9.17, 15) is 13.2 Å². The molecule has 1 unspecified atom stereocenters. The number of ether oxygens (including phenoxy) is 1. The molecule has 1 N–H and O–H groups in total. The lowest BCUT2D eigenvalue weighted by atomic mass is 10.2. The fourth-order valence-corrected chi connectivity index (χ4v) is 4.76. The van der Waals surface area contributed by atoms with E-state index >= 15 is 0 Å². The lowest BCUT2D eigenvalue weighted by Gasteiger charge is -2.28. The Balaban J connectivity index is 1.79. The maximum absolute atomic E-state index is 12.8. The Morgan fingerprint density at radius 2 is 1.73 bits per heavy atom. The Morgan fingerprint density at radius 1 is 1.10 bits per heavy atom. The summed E-state index contributed by atoms with van der Waals surface area (Å²) in [6.45, 7) is 3.51. The third kappa shape index (κ3) is 4.95. The Hall–Kier alpha value is -2.98. The van der Waals surface area contributed by atoms with Gasteiger partial charge in [0.15, 0.2) is 0 Å². The highest BCUT2D eigenvalue weighted by Gasteiger charge is 2.29. The number of sulfonamides is 1. The number of amides is 1. The Labute approximate surface area is 179 Å². The van der Waals surface area contributed by atoms with Gasteiger partial charge in [0.1, 0.15) is 16.8 Å². The quantitative estimate of drug-likeness (QED) is 0.597. The number of anilines is 2. The lowest BCUT2D eigenvalue weighted by Crippen LogP contribution is -2.45. The predicted octanol–water partition coefficient (Wildman–Crippen LogP) is 3.32. The van der Waals surface area contributed by atoms with Crippen LogP contribution in [0.2, 0.25) is 0 Å². The van der Waals surface area contributed by atoms with Crippen molar-refractivity contribution in [3.63, 3.8) is 0 Å². The normalized spacial score (nSPS) is 12.3. The first-order valence-corrected chi connectivity index (χ1v) is 11.7. The molecule has 8 nitrogen and oxygen atoms in total. The molecule has 0 spiro atoms. The van der Waals surface area contributed by atoms with Crippen LogP contribution in [0.3, 0.4) is 0 Å². The number of nitrogens with one attached hydrogen (secondary N) is 1. The Kier molecular flexibility index (Phi) is 6.37. The van der Waals surface area contributed by atoms with Gasteiger partial charge in [0.25, 0.3) is 0 Å². The highest BCUT2D eigenvalue weighted by molar-refractivity contribution is 7.92. The minimum Gasteiger partial charge on any atom is -0.497 e. The second-order valence-electron chi connectivity index (χ2n) is 6.70. The number of hydrogen-bond acceptors (Lipinski definition) is 7. The van der Waals surface area contributed by atoms with Gasteiger partial charge in [-0.2, -0.15) is 0 Å². The fourth-order valence-electron chi connectivity index (χ4n) is 2.83. The van der Waals surface area contributed by atoms with E-state index in [2.05, 4.69) is 15.5 Å². The van der Waals surface area contributed by atoms with Crippen molar-refractivity contribution < 1.29 is 17.9 Å². The van der Waals surface area contributed by atoms with E-state index in [1.54, 1.807) is 24.3 Å². The van der Waals surface area contributed by atoms with E-state index in [4.69, 9.17) is 4.74 Å². The van der Waals surface area contributed by atoms with Crippen molar-refractivity contribution in [1.82, 2.24) is 10.2 Å². The average molecular weight is 447 g/mol. The van der Waals surface area contributed by atoms with Crippen LogP contribution in [0, 0.1) is 6.92 Å². The summed E-state index contributed by atoms with van der Waals surface area (Å²) in [5.41, 5.74) is 2.38. The van der Waals surface area contributed by atoms with Gasteiger partial charge in [-0.15, -0.1) is 10.2 Å². The van der Waals surface area contributed by atoms with Crippen LogP contribution in [-0.2, 0) is 14.8 Å². The van der Waals surface area contributed by atoms with E-state index in [1.165, 1.54) is 25.4 Å². The summed E-state index contributed by atoms with van der Waals surface area (Å²) in [7, 11) is -2.20. The second kappa shape index (κ2) is 8.80.